The van der Waals surface area contributed by atoms with E-state index in [4.69, 9.17) is 49.6 Å². The molecule has 2 aliphatic heterocycles. The summed E-state index contributed by atoms with van der Waals surface area (Å²) >= 11 is 19.7. The van der Waals surface area contributed by atoms with Crippen LogP contribution in [0.15, 0.2) is 80.9 Å². The Morgan fingerprint density at radius 3 is 2.35 bits per heavy atom. The van der Waals surface area contributed by atoms with Crippen molar-refractivity contribution in [1.82, 2.24) is 14.7 Å². The standard InChI is InChI=1S/C23H17Cl3N4O/c1-13-19-20(14-8-10-16(31-2)11-9-14)29-21(26)17(24)12-18(25)22(29)27-23(19)30(28-13)15-6-4-3-5-7-15/h3-12,20H,1-2H3. The summed E-state index contributed by atoms with van der Waals surface area (Å²) in [5, 5.41) is 5.94. The van der Waals surface area contributed by atoms with Crippen molar-refractivity contribution in [3.8, 4) is 11.4 Å². The third kappa shape index (κ3) is 3.24. The van der Waals surface area contributed by atoms with E-state index >= 15 is 0 Å². The summed E-state index contributed by atoms with van der Waals surface area (Å²) in [6, 6.07) is 17.4. The highest BCUT2D eigenvalue weighted by Gasteiger charge is 2.40. The van der Waals surface area contributed by atoms with Crippen LogP contribution in [0.25, 0.3) is 5.69 Å². The second kappa shape index (κ2) is 7.75. The highest BCUT2D eigenvalue weighted by Crippen LogP contribution is 2.48. The van der Waals surface area contributed by atoms with Crippen LogP contribution in [0.4, 0.5) is 5.82 Å². The smallest absolute Gasteiger partial charge is 0.164 e. The molecule has 0 radical (unpaired) electrons. The van der Waals surface area contributed by atoms with E-state index in [1.807, 2.05) is 71.1 Å². The third-order valence-electron chi connectivity index (χ3n) is 5.36. The van der Waals surface area contributed by atoms with Gasteiger partial charge in [0.05, 0.1) is 34.6 Å². The molecule has 0 fully saturated rings. The lowest BCUT2D eigenvalue weighted by molar-refractivity contribution is 0.413. The van der Waals surface area contributed by atoms with E-state index in [1.165, 1.54) is 0 Å². The maximum atomic E-state index is 6.69. The Kier molecular flexibility index (Phi) is 5.05. The van der Waals surface area contributed by atoms with Crippen molar-refractivity contribution in [3.63, 3.8) is 0 Å². The van der Waals surface area contributed by atoms with Crippen LogP contribution in [0, 0.1) is 6.92 Å². The van der Waals surface area contributed by atoms with Crippen LogP contribution in [-0.2, 0) is 0 Å². The van der Waals surface area contributed by atoms with Crippen LogP contribution < -0.4 is 4.74 Å². The Balaban J connectivity index is 1.79. The lowest BCUT2D eigenvalue weighted by Crippen LogP contribution is -2.38. The molecule has 0 bridgehead atoms. The number of fused-ring (bicyclic) bond motifs is 2. The number of aromatic nitrogens is 2. The lowest BCUT2D eigenvalue weighted by atomic mass is 9.94. The van der Waals surface area contributed by atoms with Gasteiger partial charge in [0.25, 0.3) is 0 Å². The SMILES string of the molecule is COc1ccc(C2c3c(C)nn(-c4ccccc4)c3N=C3C(Cl)=CC(Cl)=C(Cl)N32)cc1. The van der Waals surface area contributed by atoms with Crippen molar-refractivity contribution in [2.24, 2.45) is 4.99 Å². The van der Waals surface area contributed by atoms with Gasteiger partial charge in [-0.25, -0.2) is 9.67 Å². The number of aliphatic imine (C=N–C) groups is 1. The Morgan fingerprint density at radius 1 is 0.968 bits per heavy atom. The first-order chi connectivity index (χ1) is 15.0. The Hall–Kier alpha value is -2.73. The van der Waals surface area contributed by atoms with Crippen LogP contribution in [0.5, 0.6) is 5.75 Å². The first-order valence-corrected chi connectivity index (χ1v) is 10.7. The summed E-state index contributed by atoms with van der Waals surface area (Å²) in [5.41, 5.74) is 3.67. The zero-order chi connectivity index (χ0) is 21.7. The number of benzene rings is 2. The average molecular weight is 472 g/mol. The number of amidine groups is 1. The van der Waals surface area contributed by atoms with Crippen molar-refractivity contribution >= 4 is 46.5 Å². The van der Waals surface area contributed by atoms with Crippen LogP contribution in [0.3, 0.4) is 0 Å². The molecule has 2 aliphatic rings. The minimum Gasteiger partial charge on any atom is -0.497 e. The summed E-state index contributed by atoms with van der Waals surface area (Å²) in [7, 11) is 1.64. The monoisotopic (exact) mass is 470 g/mol. The van der Waals surface area contributed by atoms with Gasteiger partial charge in [0.2, 0.25) is 0 Å². The summed E-state index contributed by atoms with van der Waals surface area (Å²) in [6.45, 7) is 1.97. The van der Waals surface area contributed by atoms with Crippen LogP contribution in [0.1, 0.15) is 22.9 Å². The van der Waals surface area contributed by atoms with E-state index in [0.29, 0.717) is 26.9 Å². The van der Waals surface area contributed by atoms with Crippen LogP contribution in [0.2, 0.25) is 0 Å². The Morgan fingerprint density at radius 2 is 1.68 bits per heavy atom. The predicted molar refractivity (Wildman–Crippen MR) is 125 cm³/mol. The van der Waals surface area contributed by atoms with Gasteiger partial charge in [-0.05, 0) is 42.8 Å². The fourth-order valence-electron chi connectivity index (χ4n) is 3.94. The minimum absolute atomic E-state index is 0.311. The van der Waals surface area contributed by atoms with E-state index in [9.17, 15) is 0 Å². The maximum absolute atomic E-state index is 6.69. The van der Waals surface area contributed by atoms with E-state index < -0.39 is 0 Å². The summed E-state index contributed by atoms with van der Waals surface area (Å²) in [5.74, 6) is 2.01. The second-order valence-electron chi connectivity index (χ2n) is 7.18. The average Bonchev–Trinajstić information content (AvgIpc) is 3.13. The summed E-state index contributed by atoms with van der Waals surface area (Å²) < 4.78 is 7.17. The molecule has 0 amide bonds. The molecule has 0 saturated carbocycles. The number of hydrogen-bond donors (Lipinski definition) is 0. The molecule has 5 nitrogen and oxygen atoms in total. The first kappa shape index (κ1) is 20.2. The maximum Gasteiger partial charge on any atom is 0.164 e. The van der Waals surface area contributed by atoms with Crippen molar-refractivity contribution in [2.45, 2.75) is 13.0 Å². The van der Waals surface area contributed by atoms with E-state index in [0.717, 1.165) is 28.3 Å². The molecule has 1 unspecified atom stereocenters. The Bertz CT molecular complexity index is 1260. The molecule has 3 aromatic rings. The van der Waals surface area contributed by atoms with Gasteiger partial charge in [-0.2, -0.15) is 5.10 Å². The van der Waals surface area contributed by atoms with Gasteiger partial charge in [0.1, 0.15) is 10.9 Å². The number of para-hydroxylation sites is 1. The zero-order valence-corrected chi connectivity index (χ0v) is 18.9. The zero-order valence-electron chi connectivity index (χ0n) is 16.7. The van der Waals surface area contributed by atoms with E-state index in [2.05, 4.69) is 0 Å². The molecule has 8 heteroatoms. The van der Waals surface area contributed by atoms with Gasteiger partial charge >= 0.3 is 0 Å². The summed E-state index contributed by atoms with van der Waals surface area (Å²) in [6.07, 6.45) is 1.62. The number of ether oxygens (including phenoxy) is 1. The Labute approximate surface area is 194 Å². The van der Waals surface area contributed by atoms with Gasteiger partial charge in [-0.1, -0.05) is 65.1 Å². The first-order valence-electron chi connectivity index (χ1n) is 9.59. The van der Waals surface area contributed by atoms with Crippen molar-refractivity contribution in [3.05, 3.63) is 92.7 Å². The van der Waals surface area contributed by atoms with Crippen LogP contribution in [-0.4, -0.2) is 27.6 Å². The number of hydrogen-bond acceptors (Lipinski definition) is 4. The van der Waals surface area contributed by atoms with Crippen molar-refractivity contribution < 1.29 is 4.74 Å². The molecule has 0 spiro atoms. The molecule has 0 saturated heterocycles. The molecule has 156 valence electrons. The van der Waals surface area contributed by atoms with Gasteiger partial charge in [-0.3, -0.25) is 0 Å². The van der Waals surface area contributed by atoms with E-state index in [-0.39, 0.29) is 6.04 Å². The largest absolute Gasteiger partial charge is 0.497 e. The minimum atomic E-state index is -0.311. The normalized spacial score (nSPS) is 17.7. The number of nitrogens with zero attached hydrogens (tertiary/aromatic N) is 4. The van der Waals surface area contributed by atoms with Gasteiger partial charge in [0.15, 0.2) is 11.7 Å². The molecule has 0 aliphatic carbocycles. The molecular formula is C23H17Cl3N4O. The fraction of sp³-hybridized carbons (Fsp3) is 0.130. The number of rotatable bonds is 3. The fourth-order valence-corrected chi connectivity index (χ4v) is 4.67. The third-order valence-corrected chi connectivity index (χ3v) is 6.41. The molecule has 3 heterocycles. The molecule has 2 aromatic carbocycles. The molecular weight excluding hydrogens is 455 g/mol. The molecule has 31 heavy (non-hydrogen) atoms. The summed E-state index contributed by atoms with van der Waals surface area (Å²) in [4.78, 5) is 6.74. The molecule has 0 N–H and O–H groups in total. The van der Waals surface area contributed by atoms with Crippen molar-refractivity contribution in [2.75, 3.05) is 7.11 Å². The molecule has 5 rings (SSSR count). The highest BCUT2D eigenvalue weighted by molar-refractivity contribution is 6.49. The highest BCUT2D eigenvalue weighted by atomic mass is 35.5. The van der Waals surface area contributed by atoms with Gasteiger partial charge in [0, 0.05) is 5.56 Å². The second-order valence-corrected chi connectivity index (χ2v) is 8.35. The quantitative estimate of drug-likeness (QED) is 0.415. The van der Waals surface area contributed by atoms with Crippen molar-refractivity contribution in [1.29, 1.82) is 0 Å². The van der Waals surface area contributed by atoms with Crippen LogP contribution >= 0.6 is 34.8 Å². The molecule has 1 atom stereocenters. The predicted octanol–water partition coefficient (Wildman–Crippen LogP) is 6.41. The van der Waals surface area contributed by atoms with Gasteiger partial charge in [-0.15, -0.1) is 0 Å². The number of aryl methyl sites for hydroxylation is 1. The number of methoxy groups -OCH3 is 1. The molecule has 1 aromatic heterocycles. The van der Waals surface area contributed by atoms with Gasteiger partial charge < -0.3 is 9.64 Å². The topological polar surface area (TPSA) is 42.6 Å². The lowest BCUT2D eigenvalue weighted by Gasteiger charge is -2.39. The number of halogens is 3. The van der Waals surface area contributed by atoms with E-state index in [1.54, 1.807) is 13.2 Å². The number of allylic oxidation sites excluding steroid dienone is 2.